The second-order valence-electron chi connectivity index (χ2n) is 14.0. The van der Waals surface area contributed by atoms with E-state index in [2.05, 4.69) is 184 Å². The first-order valence-electron chi connectivity index (χ1n) is 17.3. The van der Waals surface area contributed by atoms with Crippen LogP contribution in [-0.2, 0) is 5.41 Å². The van der Waals surface area contributed by atoms with Gasteiger partial charge in [0.05, 0.1) is 0 Å². The lowest BCUT2D eigenvalue weighted by Crippen LogP contribution is -2.15. The third-order valence-electron chi connectivity index (χ3n) is 11.0. The van der Waals surface area contributed by atoms with Crippen molar-refractivity contribution in [2.24, 2.45) is 0 Å². The highest BCUT2D eigenvalue weighted by Crippen LogP contribution is 2.53. The standard InChI is InChI=1S/C49H34/c1-49(2)45-30-34(25-26-38(45)43-27-24-31-14-6-9-19-37(31)48(43)49)44-29-35(28-33-17-7-8-18-36(33)44)47-41-22-12-10-20-39(41)46(32-15-4-3-5-16-32)40-21-11-13-23-42(40)47/h3-30H,1-2H3. The summed E-state index contributed by atoms with van der Waals surface area (Å²) in [6.07, 6.45) is 0. The predicted octanol–water partition coefficient (Wildman–Crippen LogP) is 13.6. The van der Waals surface area contributed by atoms with E-state index < -0.39 is 0 Å². The highest BCUT2D eigenvalue weighted by atomic mass is 14.4. The molecule has 9 aromatic rings. The number of hydrogen-bond acceptors (Lipinski definition) is 0. The zero-order valence-electron chi connectivity index (χ0n) is 27.7. The summed E-state index contributed by atoms with van der Waals surface area (Å²) in [5.41, 5.74) is 13.0. The van der Waals surface area contributed by atoms with Crippen molar-refractivity contribution in [3.63, 3.8) is 0 Å². The Morgan fingerprint density at radius 1 is 0.327 bits per heavy atom. The van der Waals surface area contributed by atoms with Gasteiger partial charge < -0.3 is 0 Å². The molecule has 0 radical (unpaired) electrons. The normalized spacial score (nSPS) is 13.3. The van der Waals surface area contributed by atoms with Gasteiger partial charge in [-0.1, -0.05) is 166 Å². The minimum Gasteiger partial charge on any atom is -0.0622 e. The Balaban J connectivity index is 1.24. The zero-order chi connectivity index (χ0) is 32.7. The molecule has 0 heterocycles. The topological polar surface area (TPSA) is 0 Å². The fraction of sp³-hybridized carbons (Fsp3) is 0.0612. The van der Waals surface area contributed by atoms with Crippen molar-refractivity contribution < 1.29 is 0 Å². The molecule has 0 saturated heterocycles. The molecule has 230 valence electrons. The van der Waals surface area contributed by atoms with Crippen molar-refractivity contribution in [2.75, 3.05) is 0 Å². The van der Waals surface area contributed by atoms with Crippen molar-refractivity contribution in [3.8, 4) is 44.5 Å². The van der Waals surface area contributed by atoms with Gasteiger partial charge in [-0.3, -0.25) is 0 Å². The molecule has 0 aromatic heterocycles. The highest BCUT2D eigenvalue weighted by Gasteiger charge is 2.37. The van der Waals surface area contributed by atoms with Crippen molar-refractivity contribution in [1.82, 2.24) is 0 Å². The summed E-state index contributed by atoms with van der Waals surface area (Å²) in [7, 11) is 0. The number of benzene rings is 9. The van der Waals surface area contributed by atoms with Crippen LogP contribution in [-0.4, -0.2) is 0 Å². The fourth-order valence-electron chi connectivity index (χ4n) is 8.82. The van der Waals surface area contributed by atoms with Crippen molar-refractivity contribution in [1.29, 1.82) is 0 Å². The van der Waals surface area contributed by atoms with Crippen LogP contribution in [0.25, 0.3) is 87.6 Å². The molecule has 0 heteroatoms. The molecule has 0 fully saturated rings. The second-order valence-corrected chi connectivity index (χ2v) is 14.0. The first-order valence-corrected chi connectivity index (χ1v) is 17.3. The average molecular weight is 623 g/mol. The van der Waals surface area contributed by atoms with Crippen LogP contribution >= 0.6 is 0 Å². The van der Waals surface area contributed by atoms with Crippen LogP contribution in [0.4, 0.5) is 0 Å². The third kappa shape index (κ3) is 4.11. The summed E-state index contributed by atoms with van der Waals surface area (Å²) < 4.78 is 0. The molecule has 10 rings (SSSR count). The van der Waals surface area contributed by atoms with Gasteiger partial charge in [-0.25, -0.2) is 0 Å². The quantitative estimate of drug-likeness (QED) is 0.172. The number of rotatable bonds is 3. The van der Waals surface area contributed by atoms with Gasteiger partial charge in [-0.2, -0.15) is 0 Å². The van der Waals surface area contributed by atoms with Crippen LogP contribution in [0.15, 0.2) is 170 Å². The highest BCUT2D eigenvalue weighted by molar-refractivity contribution is 6.22. The lowest BCUT2D eigenvalue weighted by Gasteiger charge is -2.24. The molecule has 49 heavy (non-hydrogen) atoms. The molecular weight excluding hydrogens is 589 g/mol. The Morgan fingerprint density at radius 2 is 0.857 bits per heavy atom. The molecule has 0 atom stereocenters. The van der Waals surface area contributed by atoms with Gasteiger partial charge in [-0.05, 0) is 117 Å². The van der Waals surface area contributed by atoms with Gasteiger partial charge in [0, 0.05) is 5.41 Å². The van der Waals surface area contributed by atoms with Gasteiger partial charge in [0.1, 0.15) is 0 Å². The first kappa shape index (κ1) is 28.1. The summed E-state index contributed by atoms with van der Waals surface area (Å²) >= 11 is 0. The Labute approximate surface area is 286 Å². The smallest absolute Gasteiger partial charge is 0.0165 e. The molecule has 1 aliphatic rings. The third-order valence-corrected chi connectivity index (χ3v) is 11.0. The molecule has 0 saturated carbocycles. The molecule has 0 N–H and O–H groups in total. The summed E-state index contributed by atoms with van der Waals surface area (Å²) in [6, 6.07) is 63.1. The number of hydrogen-bond donors (Lipinski definition) is 0. The van der Waals surface area contributed by atoms with Crippen molar-refractivity contribution in [2.45, 2.75) is 19.3 Å². The van der Waals surface area contributed by atoms with Crippen LogP contribution in [0, 0.1) is 0 Å². The van der Waals surface area contributed by atoms with E-state index in [1.54, 1.807) is 0 Å². The van der Waals surface area contributed by atoms with E-state index in [1.807, 2.05) is 0 Å². The minimum atomic E-state index is -0.116. The van der Waals surface area contributed by atoms with Crippen molar-refractivity contribution in [3.05, 3.63) is 181 Å². The van der Waals surface area contributed by atoms with E-state index >= 15 is 0 Å². The first-order chi connectivity index (χ1) is 24.1. The lowest BCUT2D eigenvalue weighted by atomic mass is 9.79. The Hall–Kier alpha value is -5.98. The Kier molecular flexibility index (Phi) is 6.02. The molecule has 0 nitrogen and oxygen atoms in total. The maximum absolute atomic E-state index is 2.48. The zero-order valence-corrected chi connectivity index (χ0v) is 27.7. The van der Waals surface area contributed by atoms with Gasteiger partial charge in [-0.15, -0.1) is 0 Å². The van der Waals surface area contributed by atoms with Crippen LogP contribution in [0.5, 0.6) is 0 Å². The van der Waals surface area contributed by atoms with E-state index in [9.17, 15) is 0 Å². The van der Waals surface area contributed by atoms with Gasteiger partial charge in [0.2, 0.25) is 0 Å². The molecule has 0 amide bonds. The van der Waals surface area contributed by atoms with Gasteiger partial charge in [0.15, 0.2) is 0 Å². The van der Waals surface area contributed by atoms with Crippen LogP contribution < -0.4 is 0 Å². The molecule has 0 unspecified atom stereocenters. The second kappa shape index (κ2) is 10.5. The molecule has 9 aromatic carbocycles. The van der Waals surface area contributed by atoms with Crippen LogP contribution in [0.3, 0.4) is 0 Å². The van der Waals surface area contributed by atoms with Crippen LogP contribution in [0.1, 0.15) is 25.0 Å². The molecule has 0 bridgehead atoms. The maximum atomic E-state index is 2.48. The Bertz CT molecular complexity index is 2720. The fourth-order valence-corrected chi connectivity index (χ4v) is 8.82. The Morgan fingerprint density at radius 3 is 1.53 bits per heavy atom. The summed E-state index contributed by atoms with van der Waals surface area (Å²) in [4.78, 5) is 0. The molecule has 1 aliphatic carbocycles. The van der Waals surface area contributed by atoms with Gasteiger partial charge >= 0.3 is 0 Å². The average Bonchev–Trinajstić information content (AvgIpc) is 3.39. The van der Waals surface area contributed by atoms with E-state index in [1.165, 1.54) is 98.7 Å². The lowest BCUT2D eigenvalue weighted by molar-refractivity contribution is 0.666. The summed E-state index contributed by atoms with van der Waals surface area (Å²) in [5.74, 6) is 0. The maximum Gasteiger partial charge on any atom is 0.0165 e. The molecule has 0 aliphatic heterocycles. The summed E-state index contributed by atoms with van der Waals surface area (Å²) in [5, 5.41) is 10.3. The SMILES string of the molecule is CC1(C)c2cc(-c3cc(-c4c5ccccc5c(-c5ccccc5)c5ccccc45)cc4ccccc34)ccc2-c2ccc3ccccc3c21. The van der Waals surface area contributed by atoms with E-state index in [4.69, 9.17) is 0 Å². The van der Waals surface area contributed by atoms with Crippen LogP contribution in [0.2, 0.25) is 0 Å². The monoisotopic (exact) mass is 622 g/mol. The number of fused-ring (bicyclic) bond motifs is 8. The van der Waals surface area contributed by atoms with E-state index in [0.717, 1.165) is 0 Å². The van der Waals surface area contributed by atoms with E-state index in [0.29, 0.717) is 0 Å². The minimum absolute atomic E-state index is 0.116. The van der Waals surface area contributed by atoms with Gasteiger partial charge in [0.25, 0.3) is 0 Å². The predicted molar refractivity (Wildman–Crippen MR) is 210 cm³/mol. The largest absolute Gasteiger partial charge is 0.0622 e. The molecule has 0 spiro atoms. The van der Waals surface area contributed by atoms with Crippen molar-refractivity contribution >= 4 is 43.1 Å². The van der Waals surface area contributed by atoms with E-state index in [-0.39, 0.29) is 5.41 Å². The molecular formula is C49H34. The summed E-state index contributed by atoms with van der Waals surface area (Å²) in [6.45, 7) is 4.80.